The topological polar surface area (TPSA) is 64.3 Å². The summed E-state index contributed by atoms with van der Waals surface area (Å²) in [6.07, 6.45) is 3.84. The Morgan fingerprint density at radius 3 is 2.45 bits per heavy atom. The maximum atomic E-state index is 12.2. The standard InChI is InChI=1S/C16H24N2O2/c1-12(2)20-11-13-5-7-14(8-6-13)18-15(19)16(17)9-3-4-10-16/h5-8,12H,3-4,9-11,17H2,1-2H3,(H,18,19). The summed E-state index contributed by atoms with van der Waals surface area (Å²) in [5, 5.41) is 2.91. The smallest absolute Gasteiger partial charge is 0.244 e. The number of rotatable bonds is 5. The fraction of sp³-hybridized carbons (Fsp3) is 0.562. The Hall–Kier alpha value is -1.39. The maximum absolute atomic E-state index is 12.2. The van der Waals surface area contributed by atoms with Crippen LogP contribution in [-0.4, -0.2) is 17.6 Å². The molecule has 110 valence electrons. The molecule has 0 aromatic heterocycles. The van der Waals surface area contributed by atoms with E-state index < -0.39 is 5.54 Å². The molecule has 0 unspecified atom stereocenters. The van der Waals surface area contributed by atoms with Gasteiger partial charge in [-0.2, -0.15) is 0 Å². The molecule has 1 aromatic carbocycles. The number of ether oxygens (including phenoxy) is 1. The molecule has 4 heteroatoms. The fourth-order valence-electron chi connectivity index (χ4n) is 2.44. The summed E-state index contributed by atoms with van der Waals surface area (Å²) in [5.41, 5.74) is 7.34. The lowest BCUT2D eigenvalue weighted by Gasteiger charge is -2.22. The highest BCUT2D eigenvalue weighted by Crippen LogP contribution is 2.28. The number of nitrogens with one attached hydrogen (secondary N) is 1. The van der Waals surface area contributed by atoms with Crippen LogP contribution in [0.4, 0.5) is 5.69 Å². The van der Waals surface area contributed by atoms with Crippen LogP contribution >= 0.6 is 0 Å². The van der Waals surface area contributed by atoms with Crippen molar-refractivity contribution in [1.29, 1.82) is 0 Å². The first-order valence-corrected chi connectivity index (χ1v) is 7.30. The highest BCUT2D eigenvalue weighted by atomic mass is 16.5. The first-order chi connectivity index (χ1) is 9.49. The molecule has 0 bridgehead atoms. The molecule has 4 nitrogen and oxygen atoms in total. The average Bonchev–Trinajstić information content (AvgIpc) is 2.86. The van der Waals surface area contributed by atoms with Gasteiger partial charge >= 0.3 is 0 Å². The summed E-state index contributed by atoms with van der Waals surface area (Å²) in [4.78, 5) is 12.2. The van der Waals surface area contributed by atoms with E-state index in [0.717, 1.165) is 36.9 Å². The molecular formula is C16H24N2O2. The molecule has 1 saturated carbocycles. The Labute approximate surface area is 120 Å². The zero-order valence-corrected chi connectivity index (χ0v) is 12.3. The number of carbonyl (C=O) groups is 1. The van der Waals surface area contributed by atoms with Crippen LogP contribution in [0.5, 0.6) is 0 Å². The zero-order valence-electron chi connectivity index (χ0n) is 12.3. The Balaban J connectivity index is 1.91. The van der Waals surface area contributed by atoms with E-state index in [2.05, 4.69) is 5.32 Å². The molecule has 1 fully saturated rings. The quantitative estimate of drug-likeness (QED) is 0.869. The zero-order chi connectivity index (χ0) is 14.6. The SMILES string of the molecule is CC(C)OCc1ccc(NC(=O)C2(N)CCCC2)cc1. The van der Waals surface area contributed by atoms with Crippen molar-refractivity contribution in [3.63, 3.8) is 0 Å². The van der Waals surface area contributed by atoms with Crippen molar-refractivity contribution in [2.75, 3.05) is 5.32 Å². The van der Waals surface area contributed by atoms with Gasteiger partial charge in [0.05, 0.1) is 18.2 Å². The molecule has 0 spiro atoms. The van der Waals surface area contributed by atoms with Gasteiger partial charge in [-0.15, -0.1) is 0 Å². The van der Waals surface area contributed by atoms with Crippen molar-refractivity contribution in [2.24, 2.45) is 5.73 Å². The first-order valence-electron chi connectivity index (χ1n) is 7.30. The lowest BCUT2D eigenvalue weighted by Crippen LogP contribution is -2.48. The third kappa shape index (κ3) is 3.81. The van der Waals surface area contributed by atoms with Crippen LogP contribution in [0.2, 0.25) is 0 Å². The predicted octanol–water partition coefficient (Wildman–Crippen LogP) is 2.82. The summed E-state index contributed by atoms with van der Waals surface area (Å²) in [6.45, 7) is 4.61. The monoisotopic (exact) mass is 276 g/mol. The molecule has 0 aliphatic heterocycles. The second-order valence-electron chi connectivity index (χ2n) is 5.87. The van der Waals surface area contributed by atoms with Crippen LogP contribution in [0, 0.1) is 0 Å². The van der Waals surface area contributed by atoms with Crippen molar-refractivity contribution >= 4 is 11.6 Å². The van der Waals surface area contributed by atoms with Crippen molar-refractivity contribution < 1.29 is 9.53 Å². The number of benzene rings is 1. The summed E-state index contributed by atoms with van der Waals surface area (Å²) in [7, 11) is 0. The molecule has 0 radical (unpaired) electrons. The number of amides is 1. The molecule has 1 aliphatic carbocycles. The summed E-state index contributed by atoms with van der Waals surface area (Å²) >= 11 is 0. The minimum absolute atomic E-state index is 0.0684. The van der Waals surface area contributed by atoms with Gasteiger partial charge < -0.3 is 15.8 Å². The number of carbonyl (C=O) groups excluding carboxylic acids is 1. The van der Waals surface area contributed by atoms with Crippen molar-refractivity contribution in [3.05, 3.63) is 29.8 Å². The summed E-state index contributed by atoms with van der Waals surface area (Å²) < 4.78 is 5.54. The highest BCUT2D eigenvalue weighted by molar-refractivity contribution is 5.98. The van der Waals surface area contributed by atoms with E-state index in [0.29, 0.717) is 6.61 Å². The molecule has 20 heavy (non-hydrogen) atoms. The largest absolute Gasteiger partial charge is 0.374 e. The van der Waals surface area contributed by atoms with Crippen LogP contribution in [0.15, 0.2) is 24.3 Å². The molecule has 0 heterocycles. The van der Waals surface area contributed by atoms with Gasteiger partial charge in [-0.05, 0) is 44.4 Å². The highest BCUT2D eigenvalue weighted by Gasteiger charge is 2.36. The van der Waals surface area contributed by atoms with Crippen LogP contribution in [-0.2, 0) is 16.1 Å². The fourth-order valence-corrected chi connectivity index (χ4v) is 2.44. The van der Waals surface area contributed by atoms with E-state index >= 15 is 0 Å². The van der Waals surface area contributed by atoms with E-state index in [1.165, 1.54) is 0 Å². The maximum Gasteiger partial charge on any atom is 0.244 e. The lowest BCUT2D eigenvalue weighted by molar-refractivity contribution is -0.121. The summed E-state index contributed by atoms with van der Waals surface area (Å²) in [5.74, 6) is -0.0684. The van der Waals surface area contributed by atoms with Crippen LogP contribution in [0.1, 0.15) is 45.1 Å². The van der Waals surface area contributed by atoms with Gasteiger partial charge in [-0.1, -0.05) is 25.0 Å². The molecule has 1 aromatic rings. The van der Waals surface area contributed by atoms with E-state index in [4.69, 9.17) is 10.5 Å². The van der Waals surface area contributed by atoms with E-state index in [9.17, 15) is 4.79 Å². The van der Waals surface area contributed by atoms with Crippen LogP contribution < -0.4 is 11.1 Å². The molecule has 0 saturated heterocycles. The normalized spacial score (nSPS) is 17.4. The molecule has 1 amide bonds. The van der Waals surface area contributed by atoms with Gasteiger partial charge in [0.15, 0.2) is 0 Å². The Morgan fingerprint density at radius 1 is 1.30 bits per heavy atom. The minimum atomic E-state index is -0.681. The number of anilines is 1. The van der Waals surface area contributed by atoms with E-state index in [-0.39, 0.29) is 12.0 Å². The summed E-state index contributed by atoms with van der Waals surface area (Å²) in [6, 6.07) is 7.73. The Bertz CT molecular complexity index is 448. The van der Waals surface area contributed by atoms with Gasteiger partial charge in [0, 0.05) is 5.69 Å². The van der Waals surface area contributed by atoms with Crippen molar-refractivity contribution in [2.45, 2.75) is 57.8 Å². The second-order valence-corrected chi connectivity index (χ2v) is 5.87. The van der Waals surface area contributed by atoms with Gasteiger partial charge in [-0.3, -0.25) is 4.79 Å². The van der Waals surface area contributed by atoms with Crippen LogP contribution in [0.3, 0.4) is 0 Å². The molecule has 2 rings (SSSR count). The number of nitrogens with two attached hydrogens (primary N) is 1. The van der Waals surface area contributed by atoms with Gasteiger partial charge in [0.1, 0.15) is 0 Å². The van der Waals surface area contributed by atoms with E-state index in [1.807, 2.05) is 38.1 Å². The second kappa shape index (κ2) is 6.37. The Kier molecular flexibility index (Phi) is 4.78. The molecule has 3 N–H and O–H groups in total. The Morgan fingerprint density at radius 2 is 1.90 bits per heavy atom. The van der Waals surface area contributed by atoms with Gasteiger partial charge in [0.25, 0.3) is 0 Å². The molecular weight excluding hydrogens is 252 g/mol. The average molecular weight is 276 g/mol. The van der Waals surface area contributed by atoms with Gasteiger partial charge in [-0.25, -0.2) is 0 Å². The van der Waals surface area contributed by atoms with Gasteiger partial charge in [0.2, 0.25) is 5.91 Å². The lowest BCUT2D eigenvalue weighted by atomic mass is 9.98. The van der Waals surface area contributed by atoms with E-state index in [1.54, 1.807) is 0 Å². The van der Waals surface area contributed by atoms with Crippen molar-refractivity contribution in [1.82, 2.24) is 0 Å². The number of hydrogen-bond donors (Lipinski definition) is 2. The molecule has 1 aliphatic rings. The minimum Gasteiger partial charge on any atom is -0.374 e. The predicted molar refractivity (Wildman–Crippen MR) is 80.4 cm³/mol. The third-order valence-corrected chi connectivity index (χ3v) is 3.74. The van der Waals surface area contributed by atoms with Crippen molar-refractivity contribution in [3.8, 4) is 0 Å². The first kappa shape index (κ1) is 15.0. The third-order valence-electron chi connectivity index (χ3n) is 3.74. The van der Waals surface area contributed by atoms with Crippen LogP contribution in [0.25, 0.3) is 0 Å². The molecule has 0 atom stereocenters. The number of hydrogen-bond acceptors (Lipinski definition) is 3.